The summed E-state index contributed by atoms with van der Waals surface area (Å²) >= 11 is 0. The number of carbonyl (C=O) groups is 1. The van der Waals surface area contributed by atoms with Crippen LogP contribution >= 0.6 is 0 Å². The molecule has 1 amide bonds. The molecule has 0 saturated carbocycles. The van der Waals surface area contributed by atoms with Gasteiger partial charge in [0.15, 0.2) is 0 Å². The summed E-state index contributed by atoms with van der Waals surface area (Å²) < 4.78 is 17.8. The number of nitrogens with two attached hydrogens (primary N) is 1. The number of hydrogen-bond acceptors (Lipinski definition) is 4. The normalized spacial score (nSPS) is 9.58. The Kier molecular flexibility index (Phi) is 3.90. The maximum absolute atomic E-state index is 13.2. The van der Waals surface area contributed by atoms with E-state index in [0.29, 0.717) is 5.69 Å². The fourth-order valence-corrected chi connectivity index (χ4v) is 1.43. The first-order valence-electron chi connectivity index (χ1n) is 5.40. The van der Waals surface area contributed by atoms with Crippen molar-refractivity contribution in [2.75, 3.05) is 11.9 Å². The van der Waals surface area contributed by atoms with Gasteiger partial charge in [0.25, 0.3) is 5.91 Å². The van der Waals surface area contributed by atoms with Crippen LogP contribution in [0.3, 0.4) is 0 Å². The first-order valence-corrected chi connectivity index (χ1v) is 5.40. The molecule has 1 aromatic heterocycles. The van der Waals surface area contributed by atoms with Gasteiger partial charge in [-0.25, -0.2) is 4.39 Å². The van der Waals surface area contributed by atoms with E-state index in [1.54, 1.807) is 0 Å². The highest BCUT2D eigenvalue weighted by atomic mass is 19.1. The monoisotopic (exact) mass is 259 g/mol. The van der Waals surface area contributed by atoms with Gasteiger partial charge in [-0.1, -0.05) is 17.0 Å². The van der Waals surface area contributed by atoms with E-state index in [2.05, 4.69) is 26.8 Å². The van der Waals surface area contributed by atoms with Gasteiger partial charge in [0.2, 0.25) is 0 Å². The van der Waals surface area contributed by atoms with Crippen LogP contribution in [0.25, 0.3) is 0 Å². The summed E-state index contributed by atoms with van der Waals surface area (Å²) in [6, 6.07) is 3.74. The zero-order valence-corrected chi connectivity index (χ0v) is 9.81. The molecule has 0 bridgehead atoms. The largest absolute Gasteiger partial charge is 0.363 e. The molecule has 0 aliphatic rings. The molecule has 0 fully saturated rings. The molecule has 2 rings (SSSR count). The summed E-state index contributed by atoms with van der Waals surface area (Å²) in [6.45, 7) is 0.128. The number of benzene rings is 1. The smallest absolute Gasteiger partial charge is 0.257 e. The molecule has 0 aliphatic carbocycles. The molecule has 0 saturated heterocycles. The van der Waals surface area contributed by atoms with E-state index in [9.17, 15) is 9.18 Å². The Hall–Kier alpha value is -2.65. The van der Waals surface area contributed by atoms with E-state index >= 15 is 0 Å². The van der Waals surface area contributed by atoms with Gasteiger partial charge < -0.3 is 15.6 Å². The minimum Gasteiger partial charge on any atom is -0.363 e. The number of halogens is 1. The number of nitrogens with one attached hydrogen (secondary N) is 1. The molecule has 6 heteroatoms. The van der Waals surface area contributed by atoms with Gasteiger partial charge >= 0.3 is 0 Å². The average molecular weight is 259 g/mol. The number of aromatic nitrogens is 1. The van der Waals surface area contributed by atoms with E-state index in [1.807, 2.05) is 0 Å². The summed E-state index contributed by atoms with van der Waals surface area (Å²) in [7, 11) is 0. The quantitative estimate of drug-likeness (QED) is 0.798. The van der Waals surface area contributed by atoms with Crippen LogP contribution in [-0.2, 0) is 0 Å². The molecule has 96 valence electrons. The van der Waals surface area contributed by atoms with Crippen molar-refractivity contribution in [1.29, 1.82) is 0 Å². The maximum atomic E-state index is 13.2. The zero-order chi connectivity index (χ0) is 13.7. The van der Waals surface area contributed by atoms with Crippen LogP contribution in [0, 0.1) is 17.7 Å². The molecule has 0 aliphatic heterocycles. The molecule has 0 spiro atoms. The zero-order valence-electron chi connectivity index (χ0n) is 9.81. The molecule has 0 radical (unpaired) electrons. The third-order valence-electron chi connectivity index (χ3n) is 2.24. The van der Waals surface area contributed by atoms with Crippen LogP contribution < -0.4 is 11.1 Å². The van der Waals surface area contributed by atoms with Crippen molar-refractivity contribution in [2.24, 2.45) is 5.73 Å². The fraction of sp³-hybridized carbons (Fsp3) is 0.0769. The van der Waals surface area contributed by atoms with Crippen molar-refractivity contribution in [3.8, 4) is 11.8 Å². The molecule has 0 unspecified atom stereocenters. The van der Waals surface area contributed by atoms with Crippen molar-refractivity contribution >= 4 is 11.6 Å². The van der Waals surface area contributed by atoms with Crippen LogP contribution in [0.5, 0.6) is 0 Å². The average Bonchev–Trinajstić information content (AvgIpc) is 2.89. The third kappa shape index (κ3) is 3.18. The number of nitrogens with zero attached hydrogens (tertiary/aromatic N) is 1. The predicted molar refractivity (Wildman–Crippen MR) is 66.8 cm³/mol. The summed E-state index contributed by atoms with van der Waals surface area (Å²) in [5.41, 5.74) is 6.20. The van der Waals surface area contributed by atoms with Crippen LogP contribution in [0.1, 0.15) is 15.9 Å². The lowest BCUT2D eigenvalue weighted by Gasteiger charge is -2.04. The van der Waals surface area contributed by atoms with Gasteiger partial charge in [-0.3, -0.25) is 4.79 Å². The predicted octanol–water partition coefficient (Wildman–Crippen LogP) is 1.38. The molecule has 2 aromatic rings. The number of hydrogen-bond donors (Lipinski definition) is 2. The molecule has 1 aromatic carbocycles. The molecule has 0 atom stereocenters. The van der Waals surface area contributed by atoms with Gasteiger partial charge in [-0.2, -0.15) is 0 Å². The second kappa shape index (κ2) is 5.80. The Morgan fingerprint density at radius 1 is 1.53 bits per heavy atom. The van der Waals surface area contributed by atoms with Gasteiger partial charge in [0.05, 0.1) is 18.3 Å². The molecule has 5 nitrogen and oxygen atoms in total. The van der Waals surface area contributed by atoms with Crippen molar-refractivity contribution in [3.63, 3.8) is 0 Å². The second-order valence-corrected chi connectivity index (χ2v) is 3.56. The SMILES string of the molecule is NCC#Cc1cc(F)ccc1C(=O)Nc1cnoc1. The number of anilines is 1. The number of amides is 1. The van der Waals surface area contributed by atoms with Gasteiger partial charge in [0, 0.05) is 5.56 Å². The van der Waals surface area contributed by atoms with Gasteiger partial charge in [-0.15, -0.1) is 0 Å². The Bertz CT molecular complexity index is 642. The molecular weight excluding hydrogens is 249 g/mol. The van der Waals surface area contributed by atoms with Crippen molar-refractivity contribution in [2.45, 2.75) is 0 Å². The Morgan fingerprint density at radius 3 is 3.05 bits per heavy atom. The van der Waals surface area contributed by atoms with Crippen molar-refractivity contribution in [3.05, 3.63) is 47.6 Å². The van der Waals surface area contributed by atoms with E-state index in [0.717, 1.165) is 0 Å². The lowest BCUT2D eigenvalue weighted by Crippen LogP contribution is -2.13. The summed E-state index contributed by atoms with van der Waals surface area (Å²) in [6.07, 6.45) is 2.64. The fourth-order valence-electron chi connectivity index (χ4n) is 1.43. The van der Waals surface area contributed by atoms with E-state index in [-0.39, 0.29) is 17.7 Å². The van der Waals surface area contributed by atoms with Gasteiger partial charge in [0.1, 0.15) is 17.8 Å². The number of carbonyl (C=O) groups excluding carboxylic acids is 1. The minimum absolute atomic E-state index is 0.128. The van der Waals surface area contributed by atoms with Crippen LogP contribution in [0.15, 0.2) is 35.2 Å². The Balaban J connectivity index is 2.30. The van der Waals surface area contributed by atoms with Crippen LogP contribution in [0.4, 0.5) is 10.1 Å². The first kappa shape index (κ1) is 12.8. The molecular formula is C13H10FN3O2. The van der Waals surface area contributed by atoms with E-state index in [1.165, 1.54) is 30.7 Å². The molecule has 19 heavy (non-hydrogen) atoms. The van der Waals surface area contributed by atoms with E-state index < -0.39 is 11.7 Å². The highest BCUT2D eigenvalue weighted by molar-refractivity contribution is 6.05. The lowest BCUT2D eigenvalue weighted by molar-refractivity contribution is 0.102. The highest BCUT2D eigenvalue weighted by Crippen LogP contribution is 2.13. The van der Waals surface area contributed by atoms with Crippen molar-refractivity contribution in [1.82, 2.24) is 5.16 Å². The van der Waals surface area contributed by atoms with E-state index in [4.69, 9.17) is 5.73 Å². The van der Waals surface area contributed by atoms with Gasteiger partial charge in [-0.05, 0) is 18.2 Å². The lowest BCUT2D eigenvalue weighted by atomic mass is 10.1. The third-order valence-corrected chi connectivity index (χ3v) is 2.24. The standard InChI is InChI=1S/C13H10FN3O2/c14-10-3-4-12(9(6-10)2-1-5-15)13(18)17-11-7-16-19-8-11/h3-4,6-8H,5,15H2,(H,17,18). The topological polar surface area (TPSA) is 81.2 Å². The van der Waals surface area contributed by atoms with Crippen LogP contribution in [0.2, 0.25) is 0 Å². The van der Waals surface area contributed by atoms with Crippen molar-refractivity contribution < 1.29 is 13.7 Å². The van der Waals surface area contributed by atoms with Crippen LogP contribution in [-0.4, -0.2) is 17.6 Å². The molecule has 3 N–H and O–H groups in total. The second-order valence-electron chi connectivity index (χ2n) is 3.56. The summed E-state index contributed by atoms with van der Waals surface area (Å²) in [5.74, 6) is 4.35. The first-order chi connectivity index (χ1) is 9.20. The highest BCUT2D eigenvalue weighted by Gasteiger charge is 2.12. The Morgan fingerprint density at radius 2 is 2.37 bits per heavy atom. The summed E-state index contributed by atoms with van der Waals surface area (Å²) in [5, 5.41) is 6.02. The molecule has 1 heterocycles. The Labute approximate surface area is 108 Å². The minimum atomic E-state index is -0.470. The summed E-state index contributed by atoms with van der Waals surface area (Å²) in [4.78, 5) is 12.0. The number of rotatable bonds is 2. The maximum Gasteiger partial charge on any atom is 0.257 e.